The molecule has 6 nitrogen and oxygen atoms in total. The number of fused-ring (bicyclic) bond motifs is 1. The summed E-state index contributed by atoms with van der Waals surface area (Å²) in [7, 11) is -4.13. The molecule has 0 aliphatic heterocycles. The molecule has 1 atom stereocenters. The van der Waals surface area contributed by atoms with Crippen LogP contribution in [0.2, 0.25) is 0 Å². The van der Waals surface area contributed by atoms with Crippen LogP contribution in [0, 0.1) is 23.1 Å². The predicted molar refractivity (Wildman–Crippen MR) is 114 cm³/mol. The number of rotatable bonds is 8. The van der Waals surface area contributed by atoms with E-state index in [1.165, 1.54) is 0 Å². The summed E-state index contributed by atoms with van der Waals surface area (Å²) in [5.41, 5.74) is 1.14. The lowest BCUT2D eigenvalue weighted by molar-refractivity contribution is 0.566. The van der Waals surface area contributed by atoms with E-state index in [2.05, 4.69) is 29.1 Å². The van der Waals surface area contributed by atoms with Crippen molar-refractivity contribution in [1.82, 2.24) is 9.97 Å². The minimum absolute atomic E-state index is 0.0464. The van der Waals surface area contributed by atoms with Crippen LogP contribution in [0.3, 0.4) is 0 Å². The minimum atomic E-state index is -4.13. The Morgan fingerprint density at radius 1 is 1.07 bits per heavy atom. The summed E-state index contributed by atoms with van der Waals surface area (Å²) in [6, 6.07) is 13.4. The quantitative estimate of drug-likeness (QED) is 0.416. The molecule has 3 aromatic rings. The molecule has 0 aliphatic rings. The van der Waals surface area contributed by atoms with Gasteiger partial charge in [0.1, 0.15) is 11.5 Å². The highest BCUT2D eigenvalue weighted by Gasteiger charge is 2.33. The molecule has 156 valence electrons. The lowest BCUT2D eigenvalue weighted by atomic mass is 10.1. The van der Waals surface area contributed by atoms with Crippen molar-refractivity contribution in [2.75, 3.05) is 11.9 Å². The standard InChI is InChI=1S/C22H23FN4O2S/c1-15(2)6-5-13-25-22-21(26-18-7-3-4-8-19(18)27-22)20(14-24)30(28,29)17-11-9-16(23)10-12-17/h3-4,7-12,15,20H,5-6,13H2,1-2H3,(H,25,27)/t20-/m0/s1. The van der Waals surface area contributed by atoms with Crippen LogP contribution in [0.1, 0.15) is 37.6 Å². The number of hydrogen-bond donors (Lipinski definition) is 1. The second-order valence-electron chi connectivity index (χ2n) is 7.42. The van der Waals surface area contributed by atoms with Crippen LogP contribution in [0.4, 0.5) is 10.2 Å². The van der Waals surface area contributed by atoms with Crippen molar-refractivity contribution in [2.24, 2.45) is 5.92 Å². The molecule has 0 spiro atoms. The van der Waals surface area contributed by atoms with Crippen molar-refractivity contribution in [3.8, 4) is 6.07 Å². The average molecular weight is 427 g/mol. The van der Waals surface area contributed by atoms with E-state index in [0.717, 1.165) is 37.1 Å². The van der Waals surface area contributed by atoms with Crippen molar-refractivity contribution in [1.29, 1.82) is 5.26 Å². The van der Waals surface area contributed by atoms with E-state index < -0.39 is 20.9 Å². The predicted octanol–water partition coefficient (Wildman–Crippen LogP) is 4.66. The fourth-order valence-electron chi connectivity index (χ4n) is 3.08. The summed E-state index contributed by atoms with van der Waals surface area (Å²) in [6.45, 7) is 4.83. The largest absolute Gasteiger partial charge is 0.368 e. The molecule has 0 fully saturated rings. The molecule has 1 aromatic heterocycles. The molecule has 8 heteroatoms. The van der Waals surface area contributed by atoms with Gasteiger partial charge in [0.25, 0.3) is 0 Å². The zero-order valence-electron chi connectivity index (χ0n) is 16.8. The van der Waals surface area contributed by atoms with Gasteiger partial charge in [-0.1, -0.05) is 26.0 Å². The maximum Gasteiger partial charge on any atom is 0.200 e. The normalized spacial score (nSPS) is 12.6. The zero-order chi connectivity index (χ0) is 21.7. The molecule has 0 bridgehead atoms. The smallest absolute Gasteiger partial charge is 0.200 e. The Kier molecular flexibility index (Phi) is 6.63. The van der Waals surface area contributed by atoms with Crippen LogP contribution in [0.5, 0.6) is 0 Å². The van der Waals surface area contributed by atoms with E-state index in [9.17, 15) is 18.1 Å². The molecular formula is C22H23FN4O2S. The summed E-state index contributed by atoms with van der Waals surface area (Å²) in [5.74, 6) is 0.259. The van der Waals surface area contributed by atoms with Gasteiger partial charge in [0.15, 0.2) is 11.1 Å². The van der Waals surface area contributed by atoms with Gasteiger partial charge in [-0.05, 0) is 55.2 Å². The number of benzene rings is 2. The number of halogens is 1. The molecule has 0 saturated carbocycles. The molecule has 1 N–H and O–H groups in total. The molecule has 1 heterocycles. The SMILES string of the molecule is CC(C)CCCNc1nc2ccccc2nc1[C@H](C#N)S(=O)(=O)c1ccc(F)cc1. The molecule has 0 aliphatic carbocycles. The first-order chi connectivity index (χ1) is 14.3. The van der Waals surface area contributed by atoms with Crippen LogP contribution in [0.25, 0.3) is 11.0 Å². The lowest BCUT2D eigenvalue weighted by Crippen LogP contribution is -2.18. The van der Waals surface area contributed by atoms with Crippen LogP contribution < -0.4 is 5.32 Å². The van der Waals surface area contributed by atoms with Crippen LogP contribution in [0.15, 0.2) is 53.4 Å². The molecule has 3 rings (SSSR count). The molecule has 0 unspecified atom stereocenters. The topological polar surface area (TPSA) is 95.7 Å². The van der Waals surface area contributed by atoms with Crippen molar-refractivity contribution in [3.05, 3.63) is 60.0 Å². The molecule has 0 radical (unpaired) electrons. The highest BCUT2D eigenvalue weighted by molar-refractivity contribution is 7.92. The fourth-order valence-corrected chi connectivity index (χ4v) is 4.47. The zero-order valence-corrected chi connectivity index (χ0v) is 17.7. The van der Waals surface area contributed by atoms with E-state index in [4.69, 9.17) is 0 Å². The fraction of sp³-hybridized carbons (Fsp3) is 0.318. The number of para-hydroxylation sites is 2. The lowest BCUT2D eigenvalue weighted by Gasteiger charge is -2.16. The van der Waals surface area contributed by atoms with E-state index >= 15 is 0 Å². The third-order valence-electron chi connectivity index (χ3n) is 4.67. The molecule has 30 heavy (non-hydrogen) atoms. The second-order valence-corrected chi connectivity index (χ2v) is 9.45. The summed E-state index contributed by atoms with van der Waals surface area (Å²) >= 11 is 0. The molecule has 2 aromatic carbocycles. The Labute approximate surface area is 175 Å². The number of hydrogen-bond acceptors (Lipinski definition) is 6. The maximum atomic E-state index is 13.3. The number of nitriles is 1. The van der Waals surface area contributed by atoms with Crippen molar-refractivity contribution in [3.63, 3.8) is 0 Å². The van der Waals surface area contributed by atoms with E-state index in [-0.39, 0.29) is 16.4 Å². The first-order valence-corrected chi connectivity index (χ1v) is 11.3. The summed E-state index contributed by atoms with van der Waals surface area (Å²) in [6.07, 6.45) is 1.87. The third-order valence-corrected chi connectivity index (χ3v) is 6.54. The van der Waals surface area contributed by atoms with Crippen LogP contribution in [-0.2, 0) is 9.84 Å². The Hall–Kier alpha value is -3.05. The van der Waals surface area contributed by atoms with Crippen LogP contribution >= 0.6 is 0 Å². The number of nitrogens with one attached hydrogen (secondary N) is 1. The Morgan fingerprint density at radius 2 is 1.70 bits per heavy atom. The molecule has 0 saturated heterocycles. The van der Waals surface area contributed by atoms with Gasteiger partial charge in [-0.3, -0.25) is 0 Å². The van der Waals surface area contributed by atoms with Crippen molar-refractivity contribution >= 4 is 26.7 Å². The average Bonchev–Trinajstić information content (AvgIpc) is 2.71. The van der Waals surface area contributed by atoms with Gasteiger partial charge >= 0.3 is 0 Å². The Morgan fingerprint density at radius 3 is 2.30 bits per heavy atom. The van der Waals surface area contributed by atoms with Gasteiger partial charge in [0.2, 0.25) is 9.84 Å². The molecular weight excluding hydrogens is 403 g/mol. The summed E-state index contributed by atoms with van der Waals surface area (Å²) in [5, 5.41) is 11.4. The third kappa shape index (κ3) is 4.74. The highest BCUT2D eigenvalue weighted by atomic mass is 32.2. The Balaban J connectivity index is 2.05. The minimum Gasteiger partial charge on any atom is -0.368 e. The highest BCUT2D eigenvalue weighted by Crippen LogP contribution is 2.32. The number of aromatic nitrogens is 2. The monoisotopic (exact) mass is 426 g/mol. The van der Waals surface area contributed by atoms with Crippen LogP contribution in [-0.4, -0.2) is 24.9 Å². The Bertz CT molecular complexity index is 1170. The van der Waals surface area contributed by atoms with Crippen molar-refractivity contribution in [2.45, 2.75) is 36.8 Å². The van der Waals surface area contributed by atoms with E-state index in [1.807, 2.05) is 12.1 Å². The second kappa shape index (κ2) is 9.18. The van der Waals surface area contributed by atoms with E-state index in [0.29, 0.717) is 23.5 Å². The number of anilines is 1. The van der Waals surface area contributed by atoms with Crippen molar-refractivity contribution < 1.29 is 12.8 Å². The van der Waals surface area contributed by atoms with Gasteiger partial charge in [-0.25, -0.2) is 22.8 Å². The van der Waals surface area contributed by atoms with Gasteiger partial charge in [-0.15, -0.1) is 0 Å². The van der Waals surface area contributed by atoms with Gasteiger partial charge in [0.05, 0.1) is 22.0 Å². The van der Waals surface area contributed by atoms with E-state index in [1.54, 1.807) is 18.2 Å². The van der Waals surface area contributed by atoms with Gasteiger partial charge in [-0.2, -0.15) is 5.26 Å². The van der Waals surface area contributed by atoms with Gasteiger partial charge < -0.3 is 5.32 Å². The first kappa shape index (κ1) is 21.7. The maximum absolute atomic E-state index is 13.3. The summed E-state index contributed by atoms with van der Waals surface area (Å²) in [4.78, 5) is 8.86. The number of nitrogens with zero attached hydrogens (tertiary/aromatic N) is 3. The molecule has 0 amide bonds. The van der Waals surface area contributed by atoms with Gasteiger partial charge in [0, 0.05) is 6.54 Å². The summed E-state index contributed by atoms with van der Waals surface area (Å²) < 4.78 is 39.5. The first-order valence-electron chi connectivity index (χ1n) is 9.72. The number of sulfone groups is 1.